The van der Waals surface area contributed by atoms with Crippen LogP contribution in [0.5, 0.6) is 0 Å². The van der Waals surface area contributed by atoms with Crippen molar-refractivity contribution >= 4 is 17.9 Å². The maximum Gasteiger partial charge on any atom is 0.362 e. The molecule has 300 valence electrons. The minimum absolute atomic E-state index is 0.0530. The van der Waals surface area contributed by atoms with E-state index < -0.39 is 18.1 Å². The molecule has 0 radical (unpaired) electrons. The van der Waals surface area contributed by atoms with Crippen LogP contribution in [0, 0.1) is 0 Å². The number of unbranched alkanes of at least 4 members (excludes halogenated alkanes) is 14. The highest BCUT2D eigenvalue weighted by Crippen LogP contribution is 2.13. The van der Waals surface area contributed by atoms with Gasteiger partial charge in [-0.3, -0.25) is 9.59 Å². The topological polar surface area (TPSA) is 99.1 Å². The maximum absolute atomic E-state index is 12.7. The highest BCUT2D eigenvalue weighted by atomic mass is 16.6. The number of ether oxygens (including phenoxy) is 3. The Morgan fingerprint density at radius 3 is 1.54 bits per heavy atom. The molecule has 0 aromatic rings. The Bertz CT molecular complexity index is 995. The van der Waals surface area contributed by atoms with E-state index in [-0.39, 0.29) is 36.2 Å². The SMILES string of the molecule is CCCCC/C=C/C/C=C/C/C=C/C/C=C/CCCCCCCC(=O)OC(COCCC(C(=O)O)[N+](C)(C)C)COC(=O)CCCCCCCCC. The largest absolute Gasteiger partial charge is 0.477 e. The number of aliphatic carboxylic acids is 1. The molecule has 2 unspecified atom stereocenters. The number of allylic oxidation sites excluding steroid dienone is 8. The Labute approximate surface area is 318 Å². The first kappa shape index (κ1) is 49.3. The number of carboxylic acid groups (broad SMARTS) is 1. The van der Waals surface area contributed by atoms with Gasteiger partial charge in [-0.05, 0) is 57.8 Å². The summed E-state index contributed by atoms with van der Waals surface area (Å²) in [6, 6.07) is -0.616. The predicted molar refractivity (Wildman–Crippen MR) is 215 cm³/mol. The van der Waals surface area contributed by atoms with Gasteiger partial charge >= 0.3 is 17.9 Å². The summed E-state index contributed by atoms with van der Waals surface area (Å²) < 4.78 is 17.1. The monoisotopic (exact) mass is 733 g/mol. The number of nitrogens with zero attached hydrogens (tertiary/aromatic N) is 1. The standard InChI is InChI=1S/C44H77NO7/c1-6-8-10-12-14-15-16-17-18-19-20-21-22-23-24-25-26-27-29-31-33-35-43(47)52-40(38-50-37-36-41(44(48)49)45(3,4)5)39-51-42(46)34-32-30-28-13-11-9-7-2/h14-15,17-18,20-21,23-24,40-41H,6-13,16,19,22,25-39H2,1-5H3/p+1/b15-14+,18-17+,21-20+,24-23+. The summed E-state index contributed by atoms with van der Waals surface area (Å²) in [7, 11) is 5.50. The van der Waals surface area contributed by atoms with E-state index in [9.17, 15) is 19.5 Å². The molecule has 0 aromatic carbocycles. The van der Waals surface area contributed by atoms with Crippen LogP contribution < -0.4 is 0 Å². The summed E-state index contributed by atoms with van der Waals surface area (Å²) in [5.74, 6) is -1.50. The van der Waals surface area contributed by atoms with Crippen LogP contribution in [-0.4, -0.2) is 80.6 Å². The van der Waals surface area contributed by atoms with Gasteiger partial charge in [-0.25, -0.2) is 4.79 Å². The highest BCUT2D eigenvalue weighted by molar-refractivity contribution is 5.72. The van der Waals surface area contributed by atoms with Gasteiger partial charge in [0, 0.05) is 19.3 Å². The van der Waals surface area contributed by atoms with Crippen LogP contribution in [0.3, 0.4) is 0 Å². The van der Waals surface area contributed by atoms with Crippen LogP contribution in [0.25, 0.3) is 0 Å². The molecule has 52 heavy (non-hydrogen) atoms. The third kappa shape index (κ3) is 33.1. The molecule has 0 saturated heterocycles. The first-order chi connectivity index (χ1) is 25.1. The molecule has 0 bridgehead atoms. The van der Waals surface area contributed by atoms with Gasteiger partial charge in [0.2, 0.25) is 0 Å². The molecule has 0 aliphatic carbocycles. The molecular weight excluding hydrogens is 654 g/mol. The third-order valence-corrected chi connectivity index (χ3v) is 8.98. The molecule has 0 aliphatic heterocycles. The van der Waals surface area contributed by atoms with Crippen LogP contribution in [-0.2, 0) is 28.6 Å². The summed E-state index contributed by atoms with van der Waals surface area (Å²) in [6.45, 7) is 4.63. The first-order valence-electron chi connectivity index (χ1n) is 20.7. The van der Waals surface area contributed by atoms with Crippen molar-refractivity contribution in [1.82, 2.24) is 0 Å². The van der Waals surface area contributed by atoms with E-state index in [4.69, 9.17) is 14.2 Å². The molecule has 0 spiro atoms. The third-order valence-electron chi connectivity index (χ3n) is 8.98. The molecule has 1 N–H and O–H groups in total. The van der Waals surface area contributed by atoms with Gasteiger partial charge in [-0.2, -0.15) is 0 Å². The van der Waals surface area contributed by atoms with Gasteiger partial charge < -0.3 is 23.8 Å². The number of hydrogen-bond acceptors (Lipinski definition) is 6. The van der Waals surface area contributed by atoms with Crippen molar-refractivity contribution in [2.24, 2.45) is 0 Å². The second-order valence-electron chi connectivity index (χ2n) is 14.9. The lowest BCUT2D eigenvalue weighted by atomic mass is 10.1. The fraction of sp³-hybridized carbons (Fsp3) is 0.750. The number of quaternary nitrogens is 1. The quantitative estimate of drug-likeness (QED) is 0.0296. The van der Waals surface area contributed by atoms with Crippen molar-refractivity contribution in [2.75, 3.05) is 41.0 Å². The lowest BCUT2D eigenvalue weighted by Gasteiger charge is -2.31. The van der Waals surface area contributed by atoms with E-state index in [0.717, 1.165) is 77.0 Å². The van der Waals surface area contributed by atoms with Crippen LogP contribution in [0.15, 0.2) is 48.6 Å². The summed E-state index contributed by atoms with van der Waals surface area (Å²) in [4.78, 5) is 36.7. The smallest absolute Gasteiger partial charge is 0.362 e. The summed E-state index contributed by atoms with van der Waals surface area (Å²) >= 11 is 0. The minimum atomic E-state index is -0.881. The van der Waals surface area contributed by atoms with E-state index in [1.54, 1.807) is 0 Å². The van der Waals surface area contributed by atoms with Crippen molar-refractivity contribution in [1.29, 1.82) is 0 Å². The highest BCUT2D eigenvalue weighted by Gasteiger charge is 2.31. The van der Waals surface area contributed by atoms with E-state index in [1.807, 2.05) is 21.1 Å². The normalized spacial score (nSPS) is 13.5. The molecule has 0 fully saturated rings. The van der Waals surface area contributed by atoms with Crippen LogP contribution in [0.1, 0.15) is 162 Å². The molecule has 0 rings (SSSR count). The van der Waals surface area contributed by atoms with Crippen LogP contribution in [0.2, 0.25) is 0 Å². The molecule has 0 heterocycles. The number of carbonyl (C=O) groups is 3. The van der Waals surface area contributed by atoms with Gasteiger partial charge in [-0.15, -0.1) is 0 Å². The van der Waals surface area contributed by atoms with E-state index in [1.165, 1.54) is 51.4 Å². The van der Waals surface area contributed by atoms with Gasteiger partial charge in [0.15, 0.2) is 12.1 Å². The maximum atomic E-state index is 12.7. The van der Waals surface area contributed by atoms with E-state index in [2.05, 4.69) is 62.5 Å². The summed E-state index contributed by atoms with van der Waals surface area (Å²) in [5, 5.41) is 9.58. The number of carbonyl (C=O) groups excluding carboxylic acids is 2. The van der Waals surface area contributed by atoms with Crippen molar-refractivity contribution in [3.05, 3.63) is 48.6 Å². The average Bonchev–Trinajstić information content (AvgIpc) is 3.09. The van der Waals surface area contributed by atoms with Gasteiger partial charge in [0.1, 0.15) is 6.61 Å². The lowest BCUT2D eigenvalue weighted by molar-refractivity contribution is -0.887. The van der Waals surface area contributed by atoms with Gasteiger partial charge in [0.25, 0.3) is 0 Å². The second-order valence-corrected chi connectivity index (χ2v) is 14.9. The number of rotatable bonds is 36. The molecule has 0 aliphatic rings. The Morgan fingerprint density at radius 2 is 1.02 bits per heavy atom. The van der Waals surface area contributed by atoms with Crippen molar-refractivity contribution in [2.45, 2.75) is 174 Å². The number of hydrogen-bond donors (Lipinski definition) is 1. The fourth-order valence-electron chi connectivity index (χ4n) is 5.72. The van der Waals surface area contributed by atoms with Crippen molar-refractivity contribution < 1.29 is 38.2 Å². The van der Waals surface area contributed by atoms with Crippen molar-refractivity contribution in [3.63, 3.8) is 0 Å². The zero-order valence-electron chi connectivity index (χ0n) is 34.0. The van der Waals surface area contributed by atoms with Gasteiger partial charge in [0.05, 0.1) is 34.4 Å². The summed E-state index contributed by atoms with van der Waals surface area (Å²) in [5.41, 5.74) is 0. The number of carboxylic acids is 1. The Morgan fingerprint density at radius 1 is 0.577 bits per heavy atom. The molecule has 2 atom stereocenters. The fourth-order valence-corrected chi connectivity index (χ4v) is 5.72. The zero-order valence-corrected chi connectivity index (χ0v) is 34.0. The first-order valence-corrected chi connectivity index (χ1v) is 20.7. The molecule has 0 saturated carbocycles. The average molecular weight is 733 g/mol. The van der Waals surface area contributed by atoms with Crippen LogP contribution >= 0.6 is 0 Å². The molecular formula is C44H78NO7+. The Kier molecular flexibility index (Phi) is 33.5. The van der Waals surface area contributed by atoms with E-state index in [0.29, 0.717) is 19.3 Å². The molecule has 8 heteroatoms. The predicted octanol–water partition coefficient (Wildman–Crippen LogP) is 10.9. The van der Waals surface area contributed by atoms with Gasteiger partial charge in [-0.1, -0.05) is 133 Å². The molecule has 8 nitrogen and oxygen atoms in total. The number of likely N-dealkylation sites (N-methyl/N-ethyl adjacent to an activating group) is 1. The second kappa shape index (κ2) is 35.3. The Hall–Kier alpha value is -2.71. The molecule has 0 aromatic heterocycles. The number of esters is 2. The summed E-state index contributed by atoms with van der Waals surface area (Å²) in [6.07, 6.45) is 40.2. The van der Waals surface area contributed by atoms with Crippen molar-refractivity contribution in [3.8, 4) is 0 Å². The minimum Gasteiger partial charge on any atom is -0.477 e. The Balaban J connectivity index is 4.32. The van der Waals surface area contributed by atoms with Crippen LogP contribution in [0.4, 0.5) is 0 Å². The lowest BCUT2D eigenvalue weighted by Crippen LogP contribution is -2.50. The van der Waals surface area contributed by atoms with E-state index >= 15 is 0 Å². The molecule has 0 amide bonds. The zero-order chi connectivity index (χ0) is 38.5.